The minimum Gasteiger partial charge on any atom is -0.494 e. The van der Waals surface area contributed by atoms with Crippen molar-refractivity contribution in [2.45, 2.75) is 58.7 Å². The SMILES string of the molecule is CN[C@@H](C)C(=O)N[C@H](C(=O)N(C(=O)[C@@H]1CCCN1)c1cc2c(Nc3ccc(F)cc3F)ncnc2cc1OC)C(C)(C)C. The van der Waals surface area contributed by atoms with E-state index < -0.39 is 52.9 Å². The fourth-order valence-corrected chi connectivity index (χ4v) is 4.80. The summed E-state index contributed by atoms with van der Waals surface area (Å²) in [6.07, 6.45) is 2.52. The van der Waals surface area contributed by atoms with E-state index in [4.69, 9.17) is 4.74 Å². The molecule has 11 nitrogen and oxygen atoms in total. The lowest BCUT2D eigenvalue weighted by Crippen LogP contribution is -2.60. The lowest BCUT2D eigenvalue weighted by molar-refractivity contribution is -0.134. The number of carbonyl (C=O) groups excluding carboxylic acids is 3. The van der Waals surface area contributed by atoms with Gasteiger partial charge in [-0.1, -0.05) is 20.8 Å². The number of hydrogen-bond acceptors (Lipinski definition) is 9. The zero-order valence-corrected chi connectivity index (χ0v) is 25.0. The van der Waals surface area contributed by atoms with Crippen LogP contribution in [0.4, 0.5) is 26.0 Å². The van der Waals surface area contributed by atoms with Gasteiger partial charge in [-0.2, -0.15) is 0 Å². The number of rotatable bonds is 9. The number of hydrogen-bond donors (Lipinski definition) is 4. The summed E-state index contributed by atoms with van der Waals surface area (Å²) in [6, 6.07) is 3.80. The highest BCUT2D eigenvalue weighted by Gasteiger charge is 2.42. The number of benzene rings is 2. The summed E-state index contributed by atoms with van der Waals surface area (Å²) in [5, 5.41) is 12.0. The fourth-order valence-electron chi connectivity index (χ4n) is 4.80. The van der Waals surface area contributed by atoms with Crippen LogP contribution in [0.25, 0.3) is 10.9 Å². The fraction of sp³-hybridized carbons (Fsp3) is 0.433. The standard InChI is InChI=1S/C30H37F2N7O4/c1-16(33-5)27(40)38-25(30(2,3)4)29(42)39(28(41)21-8-7-11-34-21)23-13-18-22(14-24(23)43-6)35-15-36-26(18)37-20-10-9-17(31)12-19(20)32/h9-10,12-16,21,25,33-34H,7-8,11H2,1-6H3,(H,38,40)(H,35,36,37)/t16-,21-,25+/m0/s1. The van der Waals surface area contributed by atoms with Gasteiger partial charge in [0.05, 0.1) is 36.1 Å². The third kappa shape index (κ3) is 6.89. The van der Waals surface area contributed by atoms with Crippen LogP contribution in [-0.2, 0) is 14.4 Å². The van der Waals surface area contributed by atoms with Gasteiger partial charge in [0.2, 0.25) is 5.91 Å². The number of likely N-dealkylation sites (N-methyl/N-ethyl adjacent to an activating group) is 1. The largest absolute Gasteiger partial charge is 0.494 e. The van der Waals surface area contributed by atoms with Crippen molar-refractivity contribution in [3.63, 3.8) is 0 Å². The highest BCUT2D eigenvalue weighted by atomic mass is 19.1. The van der Waals surface area contributed by atoms with Crippen molar-refractivity contribution in [1.82, 2.24) is 25.9 Å². The molecule has 43 heavy (non-hydrogen) atoms. The van der Waals surface area contributed by atoms with Crippen molar-refractivity contribution < 1.29 is 27.9 Å². The third-order valence-electron chi connectivity index (χ3n) is 7.39. The van der Waals surface area contributed by atoms with Crippen molar-refractivity contribution in [2.75, 3.05) is 30.9 Å². The van der Waals surface area contributed by atoms with Gasteiger partial charge in [-0.05, 0) is 57.0 Å². The summed E-state index contributed by atoms with van der Waals surface area (Å²) in [7, 11) is 3.03. The molecule has 3 amide bonds. The van der Waals surface area contributed by atoms with Gasteiger partial charge in [0.25, 0.3) is 11.8 Å². The molecule has 0 bridgehead atoms. The maximum absolute atomic E-state index is 14.5. The highest BCUT2D eigenvalue weighted by Crippen LogP contribution is 2.38. The van der Waals surface area contributed by atoms with Crippen molar-refractivity contribution in [1.29, 1.82) is 0 Å². The summed E-state index contributed by atoms with van der Waals surface area (Å²) in [5.41, 5.74) is -0.349. The molecule has 2 heterocycles. The molecular weight excluding hydrogens is 560 g/mol. The van der Waals surface area contributed by atoms with Crippen LogP contribution in [-0.4, -0.2) is 66.5 Å². The molecule has 0 radical (unpaired) electrons. The molecule has 0 spiro atoms. The third-order valence-corrected chi connectivity index (χ3v) is 7.39. The van der Waals surface area contributed by atoms with E-state index in [2.05, 4.69) is 31.2 Å². The van der Waals surface area contributed by atoms with E-state index in [0.29, 0.717) is 23.9 Å². The molecular formula is C30H37F2N7O4. The molecule has 3 aromatic rings. The molecule has 0 aliphatic carbocycles. The molecule has 1 aromatic heterocycles. The molecule has 4 N–H and O–H groups in total. The summed E-state index contributed by atoms with van der Waals surface area (Å²) < 4.78 is 33.7. The van der Waals surface area contributed by atoms with Crippen LogP contribution in [0.2, 0.25) is 0 Å². The molecule has 1 aliphatic heterocycles. The molecule has 1 fully saturated rings. The van der Waals surface area contributed by atoms with Crippen LogP contribution in [0.15, 0.2) is 36.7 Å². The van der Waals surface area contributed by atoms with Crippen molar-refractivity contribution in [3.8, 4) is 5.75 Å². The molecule has 1 aliphatic rings. The smallest absolute Gasteiger partial charge is 0.257 e. The van der Waals surface area contributed by atoms with E-state index in [0.717, 1.165) is 23.5 Å². The van der Waals surface area contributed by atoms with Gasteiger partial charge in [-0.25, -0.2) is 23.6 Å². The summed E-state index contributed by atoms with van der Waals surface area (Å²) in [6.45, 7) is 7.65. The van der Waals surface area contributed by atoms with Gasteiger partial charge < -0.3 is 26.0 Å². The Morgan fingerprint density at radius 3 is 2.49 bits per heavy atom. The Labute approximate surface area is 248 Å². The van der Waals surface area contributed by atoms with Gasteiger partial charge in [0.15, 0.2) is 0 Å². The number of amides is 3. The van der Waals surface area contributed by atoms with Gasteiger partial charge in [-0.3, -0.25) is 14.4 Å². The molecule has 230 valence electrons. The second kappa shape index (κ2) is 13.0. The van der Waals surface area contributed by atoms with E-state index in [1.54, 1.807) is 40.8 Å². The molecule has 0 saturated carbocycles. The number of carbonyl (C=O) groups is 3. The van der Waals surface area contributed by atoms with E-state index in [1.165, 1.54) is 25.6 Å². The van der Waals surface area contributed by atoms with Crippen molar-refractivity contribution in [2.24, 2.45) is 5.41 Å². The quantitative estimate of drug-likeness (QED) is 0.292. The monoisotopic (exact) mass is 597 g/mol. The van der Waals surface area contributed by atoms with Crippen LogP contribution in [0.3, 0.4) is 0 Å². The molecule has 3 atom stereocenters. The Balaban J connectivity index is 1.88. The average Bonchev–Trinajstić information content (AvgIpc) is 3.51. The van der Waals surface area contributed by atoms with Crippen LogP contribution < -0.4 is 30.9 Å². The van der Waals surface area contributed by atoms with Crippen molar-refractivity contribution >= 4 is 45.8 Å². The first-order chi connectivity index (χ1) is 20.3. The number of halogens is 2. The van der Waals surface area contributed by atoms with E-state index >= 15 is 0 Å². The van der Waals surface area contributed by atoms with E-state index in [9.17, 15) is 23.2 Å². The van der Waals surface area contributed by atoms with Crippen LogP contribution in [0, 0.1) is 17.0 Å². The molecule has 4 rings (SSSR count). The number of anilines is 3. The number of nitrogens with one attached hydrogen (secondary N) is 4. The first-order valence-electron chi connectivity index (χ1n) is 14.0. The second-order valence-corrected chi connectivity index (χ2v) is 11.5. The number of fused-ring (bicyclic) bond motifs is 1. The number of imide groups is 1. The maximum Gasteiger partial charge on any atom is 0.257 e. The van der Waals surface area contributed by atoms with Gasteiger partial charge >= 0.3 is 0 Å². The summed E-state index contributed by atoms with van der Waals surface area (Å²) in [4.78, 5) is 51.0. The molecule has 1 saturated heterocycles. The van der Waals surface area contributed by atoms with Crippen LogP contribution in [0.5, 0.6) is 5.75 Å². The normalized spacial score (nSPS) is 16.4. The number of nitrogens with zero attached hydrogens (tertiary/aromatic N) is 3. The van der Waals surface area contributed by atoms with Gasteiger partial charge in [0, 0.05) is 17.5 Å². The topological polar surface area (TPSA) is 138 Å². The first-order valence-corrected chi connectivity index (χ1v) is 14.0. The van der Waals surface area contributed by atoms with E-state index in [-0.39, 0.29) is 22.9 Å². The predicted molar refractivity (Wildman–Crippen MR) is 159 cm³/mol. The molecule has 0 unspecified atom stereocenters. The predicted octanol–water partition coefficient (Wildman–Crippen LogP) is 3.41. The zero-order chi connectivity index (χ0) is 31.5. The van der Waals surface area contributed by atoms with Crippen LogP contribution >= 0.6 is 0 Å². The minimum atomic E-state index is -1.10. The Kier molecular flexibility index (Phi) is 9.55. The Morgan fingerprint density at radius 1 is 1.14 bits per heavy atom. The number of aromatic nitrogens is 2. The van der Waals surface area contributed by atoms with E-state index in [1.807, 2.05) is 0 Å². The van der Waals surface area contributed by atoms with Gasteiger partial charge in [-0.15, -0.1) is 0 Å². The Hall–Kier alpha value is -4.23. The second-order valence-electron chi connectivity index (χ2n) is 11.5. The Morgan fingerprint density at radius 2 is 1.88 bits per heavy atom. The number of ether oxygens (including phenoxy) is 1. The highest BCUT2D eigenvalue weighted by molar-refractivity contribution is 6.20. The van der Waals surface area contributed by atoms with Crippen LogP contribution in [0.1, 0.15) is 40.5 Å². The van der Waals surface area contributed by atoms with Crippen molar-refractivity contribution in [3.05, 3.63) is 48.3 Å². The average molecular weight is 598 g/mol. The summed E-state index contributed by atoms with van der Waals surface area (Å²) >= 11 is 0. The summed E-state index contributed by atoms with van der Waals surface area (Å²) in [5.74, 6) is -2.82. The Bertz CT molecular complexity index is 1520. The van der Waals surface area contributed by atoms with Gasteiger partial charge in [0.1, 0.15) is 35.6 Å². The maximum atomic E-state index is 14.5. The lowest BCUT2D eigenvalue weighted by atomic mass is 9.85. The number of methoxy groups -OCH3 is 1. The molecule has 13 heteroatoms. The zero-order valence-electron chi connectivity index (χ0n) is 25.0. The lowest BCUT2D eigenvalue weighted by Gasteiger charge is -2.36. The first kappa shape index (κ1) is 31.7. The minimum absolute atomic E-state index is 0.0351. The molecule has 2 aromatic carbocycles.